The number of carbonyl (C=O) groups is 1. The predicted molar refractivity (Wildman–Crippen MR) is 107 cm³/mol. The smallest absolute Gasteiger partial charge is 0.264 e. The number of thiophene rings is 1. The van der Waals surface area contributed by atoms with Gasteiger partial charge in [0.2, 0.25) is 0 Å². The third-order valence-electron chi connectivity index (χ3n) is 6.03. The van der Waals surface area contributed by atoms with Crippen molar-refractivity contribution in [3.05, 3.63) is 58.3 Å². The average Bonchev–Trinajstić information content (AvgIpc) is 3.24. The highest BCUT2D eigenvalue weighted by Gasteiger charge is 2.42. The van der Waals surface area contributed by atoms with E-state index in [0.29, 0.717) is 0 Å². The lowest BCUT2D eigenvalue weighted by Gasteiger charge is -2.51. The Kier molecular flexibility index (Phi) is 5.11. The van der Waals surface area contributed by atoms with Gasteiger partial charge in [-0.2, -0.15) is 0 Å². The van der Waals surface area contributed by atoms with E-state index in [-0.39, 0.29) is 11.4 Å². The lowest BCUT2D eigenvalue weighted by Crippen LogP contribution is -2.59. The molecule has 1 aromatic heterocycles. The fraction of sp³-hybridized carbons (Fsp3) is 0.476. The molecule has 0 N–H and O–H groups in total. The summed E-state index contributed by atoms with van der Waals surface area (Å²) in [6.07, 6.45) is 2.32. The van der Waals surface area contributed by atoms with Crippen LogP contribution in [0.1, 0.15) is 28.1 Å². The quantitative estimate of drug-likeness (QED) is 0.832. The van der Waals surface area contributed by atoms with Crippen molar-refractivity contribution in [2.45, 2.75) is 18.4 Å². The van der Waals surface area contributed by atoms with Crippen LogP contribution in [0.25, 0.3) is 0 Å². The minimum atomic E-state index is 0.117. The van der Waals surface area contributed by atoms with E-state index in [4.69, 9.17) is 0 Å². The molecule has 0 saturated carbocycles. The van der Waals surface area contributed by atoms with Gasteiger partial charge in [-0.15, -0.1) is 11.3 Å². The zero-order valence-corrected chi connectivity index (χ0v) is 16.3. The molecule has 138 valence electrons. The average molecular weight is 370 g/mol. The number of rotatable bonds is 3. The molecule has 0 bridgehead atoms. The molecular weight excluding hydrogens is 342 g/mol. The third kappa shape index (κ3) is 3.31. The second-order valence-electron chi connectivity index (χ2n) is 7.46. The molecule has 5 heteroatoms. The Balaban J connectivity index is 1.51. The molecule has 0 unspecified atom stereocenters. The SMILES string of the molecule is CN1CCC(c2ccccc2)(N2CCN(C(=O)c3cccs3)CC2)CC1. The summed E-state index contributed by atoms with van der Waals surface area (Å²) in [4.78, 5) is 20.6. The molecule has 0 aliphatic carbocycles. The van der Waals surface area contributed by atoms with Gasteiger partial charge in [0.05, 0.1) is 4.88 Å². The van der Waals surface area contributed by atoms with Crippen molar-refractivity contribution in [1.82, 2.24) is 14.7 Å². The van der Waals surface area contributed by atoms with E-state index in [1.54, 1.807) is 0 Å². The molecule has 3 heterocycles. The van der Waals surface area contributed by atoms with E-state index >= 15 is 0 Å². The standard InChI is InChI=1S/C21H27N3OS/c1-22-11-9-21(10-12-22,18-6-3-2-4-7-18)24-15-13-23(14-16-24)20(25)19-8-5-17-26-19/h2-8,17H,9-16H2,1H3. The highest BCUT2D eigenvalue weighted by molar-refractivity contribution is 7.12. The van der Waals surface area contributed by atoms with Crippen molar-refractivity contribution < 1.29 is 4.79 Å². The van der Waals surface area contributed by atoms with Crippen molar-refractivity contribution in [2.24, 2.45) is 0 Å². The molecule has 2 saturated heterocycles. The van der Waals surface area contributed by atoms with Crippen LogP contribution in [-0.2, 0) is 5.54 Å². The van der Waals surface area contributed by atoms with Gasteiger partial charge < -0.3 is 9.80 Å². The zero-order chi connectivity index (χ0) is 18.0. The Bertz CT molecular complexity index is 715. The van der Waals surface area contributed by atoms with Gasteiger partial charge in [-0.25, -0.2) is 0 Å². The van der Waals surface area contributed by atoms with E-state index in [9.17, 15) is 4.79 Å². The first-order valence-corrected chi connectivity index (χ1v) is 10.4. The number of amides is 1. The van der Waals surface area contributed by atoms with Crippen LogP contribution in [0.3, 0.4) is 0 Å². The third-order valence-corrected chi connectivity index (χ3v) is 6.89. The number of piperazine rings is 1. The Morgan fingerprint density at radius 1 is 0.923 bits per heavy atom. The fourth-order valence-electron chi connectivity index (χ4n) is 4.42. The normalized spacial score (nSPS) is 21.7. The van der Waals surface area contributed by atoms with Gasteiger partial charge in [0.15, 0.2) is 0 Å². The molecule has 4 rings (SSSR count). The summed E-state index contributed by atoms with van der Waals surface area (Å²) in [5, 5.41) is 1.98. The number of nitrogens with zero attached hydrogens (tertiary/aromatic N) is 3. The molecule has 0 atom stereocenters. The Hall–Kier alpha value is -1.69. The van der Waals surface area contributed by atoms with E-state index in [2.05, 4.69) is 47.2 Å². The van der Waals surface area contributed by atoms with Crippen LogP contribution in [0, 0.1) is 0 Å². The maximum atomic E-state index is 12.6. The molecule has 1 aromatic carbocycles. The summed E-state index contributed by atoms with van der Waals surface area (Å²) >= 11 is 1.54. The van der Waals surface area contributed by atoms with Crippen LogP contribution in [0.2, 0.25) is 0 Å². The lowest BCUT2D eigenvalue weighted by molar-refractivity contribution is -0.00742. The molecule has 1 amide bonds. The second kappa shape index (κ2) is 7.51. The highest BCUT2D eigenvalue weighted by Crippen LogP contribution is 2.39. The van der Waals surface area contributed by atoms with Gasteiger partial charge in [-0.3, -0.25) is 9.69 Å². The summed E-state index contributed by atoms with van der Waals surface area (Å²) in [7, 11) is 2.21. The van der Waals surface area contributed by atoms with E-state index in [1.807, 2.05) is 22.4 Å². The molecule has 2 aromatic rings. The van der Waals surface area contributed by atoms with Crippen molar-refractivity contribution in [3.8, 4) is 0 Å². The van der Waals surface area contributed by atoms with E-state index < -0.39 is 0 Å². The zero-order valence-electron chi connectivity index (χ0n) is 15.4. The maximum absolute atomic E-state index is 12.6. The summed E-state index contributed by atoms with van der Waals surface area (Å²) in [6.45, 7) is 5.81. The number of piperidine rings is 1. The van der Waals surface area contributed by atoms with Crippen molar-refractivity contribution in [1.29, 1.82) is 0 Å². The maximum Gasteiger partial charge on any atom is 0.264 e. The molecule has 2 aliphatic rings. The van der Waals surface area contributed by atoms with Crippen LogP contribution in [0.15, 0.2) is 47.8 Å². The molecule has 0 radical (unpaired) electrons. The first-order valence-electron chi connectivity index (χ1n) is 9.51. The first-order chi connectivity index (χ1) is 12.7. The lowest BCUT2D eigenvalue weighted by atomic mass is 9.79. The summed E-state index contributed by atoms with van der Waals surface area (Å²) in [5.41, 5.74) is 1.55. The molecular formula is C21H27N3OS. The molecule has 26 heavy (non-hydrogen) atoms. The largest absolute Gasteiger partial charge is 0.335 e. The molecule has 2 aliphatic heterocycles. The topological polar surface area (TPSA) is 26.8 Å². The highest BCUT2D eigenvalue weighted by atomic mass is 32.1. The number of likely N-dealkylation sites (tertiary alicyclic amines) is 1. The Morgan fingerprint density at radius 3 is 2.23 bits per heavy atom. The number of hydrogen-bond acceptors (Lipinski definition) is 4. The van der Waals surface area contributed by atoms with Gasteiger partial charge in [0.1, 0.15) is 0 Å². The first kappa shape index (κ1) is 17.7. The minimum Gasteiger partial charge on any atom is -0.335 e. The Labute approximate surface area is 160 Å². The van der Waals surface area contributed by atoms with Crippen LogP contribution in [-0.4, -0.2) is 66.9 Å². The molecule has 2 fully saturated rings. The van der Waals surface area contributed by atoms with Crippen LogP contribution < -0.4 is 0 Å². The molecule has 4 nitrogen and oxygen atoms in total. The van der Waals surface area contributed by atoms with Gasteiger partial charge in [0, 0.05) is 31.7 Å². The van der Waals surface area contributed by atoms with Gasteiger partial charge in [-0.05, 0) is 50.0 Å². The second-order valence-corrected chi connectivity index (χ2v) is 8.41. The van der Waals surface area contributed by atoms with Gasteiger partial charge in [0.25, 0.3) is 5.91 Å². The fourth-order valence-corrected chi connectivity index (χ4v) is 5.11. The molecule has 0 spiro atoms. The van der Waals surface area contributed by atoms with Crippen molar-refractivity contribution in [2.75, 3.05) is 46.3 Å². The Morgan fingerprint density at radius 2 is 1.62 bits per heavy atom. The summed E-state index contributed by atoms with van der Waals surface area (Å²) in [6, 6.07) is 14.9. The van der Waals surface area contributed by atoms with Crippen molar-refractivity contribution in [3.63, 3.8) is 0 Å². The van der Waals surface area contributed by atoms with E-state index in [0.717, 1.165) is 57.0 Å². The monoisotopic (exact) mass is 369 g/mol. The van der Waals surface area contributed by atoms with Gasteiger partial charge in [-0.1, -0.05) is 36.4 Å². The minimum absolute atomic E-state index is 0.117. The van der Waals surface area contributed by atoms with Crippen molar-refractivity contribution >= 4 is 17.2 Å². The van der Waals surface area contributed by atoms with Crippen LogP contribution in [0.5, 0.6) is 0 Å². The predicted octanol–water partition coefficient (Wildman–Crippen LogP) is 3.13. The summed E-state index contributed by atoms with van der Waals surface area (Å²) in [5.74, 6) is 0.191. The van der Waals surface area contributed by atoms with Gasteiger partial charge >= 0.3 is 0 Å². The number of carbonyl (C=O) groups excluding carboxylic acids is 1. The number of benzene rings is 1. The van der Waals surface area contributed by atoms with E-state index in [1.165, 1.54) is 16.9 Å². The summed E-state index contributed by atoms with van der Waals surface area (Å²) < 4.78 is 0. The van der Waals surface area contributed by atoms with Crippen LogP contribution >= 0.6 is 11.3 Å². The number of hydrogen-bond donors (Lipinski definition) is 0. The van der Waals surface area contributed by atoms with Crippen LogP contribution in [0.4, 0.5) is 0 Å².